The molecule has 0 aliphatic rings. The monoisotopic (exact) mass is 194 g/mol. The van der Waals surface area contributed by atoms with E-state index in [0.29, 0.717) is 6.54 Å². The van der Waals surface area contributed by atoms with Gasteiger partial charge in [-0.25, -0.2) is 4.79 Å². The van der Waals surface area contributed by atoms with Gasteiger partial charge in [0, 0.05) is 18.3 Å². The van der Waals surface area contributed by atoms with E-state index in [9.17, 15) is 4.79 Å². The summed E-state index contributed by atoms with van der Waals surface area (Å²) in [5.74, 6) is -0.913. The maximum absolute atomic E-state index is 10.6. The van der Waals surface area contributed by atoms with Crippen LogP contribution in [0, 0.1) is 0 Å². The standard InChI is InChI=1S/C10H14N2O2/c1-7(6-11)12-9-4-2-8(3-5-9)10(13)14/h2-5,7,12H,6,11H2,1H3,(H,13,14). The second-order valence-corrected chi connectivity index (χ2v) is 3.16. The van der Waals surface area contributed by atoms with Gasteiger partial charge in [-0.3, -0.25) is 0 Å². The number of aromatic carboxylic acids is 1. The molecule has 1 rings (SSSR count). The summed E-state index contributed by atoms with van der Waals surface area (Å²) in [4.78, 5) is 10.6. The van der Waals surface area contributed by atoms with Gasteiger partial charge in [-0.15, -0.1) is 0 Å². The number of benzene rings is 1. The molecule has 0 amide bonds. The summed E-state index contributed by atoms with van der Waals surface area (Å²) in [7, 11) is 0. The summed E-state index contributed by atoms with van der Waals surface area (Å²) in [5, 5.41) is 11.8. The Morgan fingerprint density at radius 1 is 1.50 bits per heavy atom. The molecule has 4 heteroatoms. The molecule has 0 fully saturated rings. The van der Waals surface area contributed by atoms with Crippen molar-refractivity contribution >= 4 is 11.7 Å². The fourth-order valence-electron chi connectivity index (χ4n) is 1.05. The van der Waals surface area contributed by atoms with E-state index < -0.39 is 5.97 Å². The number of nitrogens with two attached hydrogens (primary N) is 1. The van der Waals surface area contributed by atoms with Gasteiger partial charge >= 0.3 is 5.97 Å². The van der Waals surface area contributed by atoms with Crippen molar-refractivity contribution < 1.29 is 9.90 Å². The van der Waals surface area contributed by atoms with Gasteiger partial charge < -0.3 is 16.2 Å². The minimum Gasteiger partial charge on any atom is -0.478 e. The van der Waals surface area contributed by atoms with Crippen molar-refractivity contribution in [3.63, 3.8) is 0 Å². The first-order chi connectivity index (χ1) is 6.63. The quantitative estimate of drug-likeness (QED) is 0.672. The first-order valence-electron chi connectivity index (χ1n) is 4.43. The van der Waals surface area contributed by atoms with Gasteiger partial charge in [0.2, 0.25) is 0 Å². The number of anilines is 1. The molecule has 4 nitrogen and oxygen atoms in total. The minimum atomic E-state index is -0.913. The van der Waals surface area contributed by atoms with Crippen molar-refractivity contribution in [3.8, 4) is 0 Å². The van der Waals surface area contributed by atoms with Gasteiger partial charge in [0.1, 0.15) is 0 Å². The molecule has 0 bridgehead atoms. The maximum Gasteiger partial charge on any atom is 0.335 e. The lowest BCUT2D eigenvalue weighted by atomic mass is 10.2. The van der Waals surface area contributed by atoms with Crippen LogP contribution in [0.4, 0.5) is 5.69 Å². The molecule has 0 heterocycles. The van der Waals surface area contributed by atoms with Crippen LogP contribution in [0.3, 0.4) is 0 Å². The van der Waals surface area contributed by atoms with Gasteiger partial charge in [0.25, 0.3) is 0 Å². The Morgan fingerprint density at radius 3 is 2.50 bits per heavy atom. The van der Waals surface area contributed by atoms with Gasteiger partial charge in [0.15, 0.2) is 0 Å². The van der Waals surface area contributed by atoms with E-state index in [2.05, 4.69) is 5.32 Å². The van der Waals surface area contributed by atoms with Crippen molar-refractivity contribution in [1.29, 1.82) is 0 Å². The second-order valence-electron chi connectivity index (χ2n) is 3.16. The number of carboxylic acids is 1. The highest BCUT2D eigenvalue weighted by Crippen LogP contribution is 2.10. The average Bonchev–Trinajstić information content (AvgIpc) is 2.18. The van der Waals surface area contributed by atoms with Crippen LogP contribution >= 0.6 is 0 Å². The fraction of sp³-hybridized carbons (Fsp3) is 0.300. The van der Waals surface area contributed by atoms with Crippen LogP contribution in [0.2, 0.25) is 0 Å². The average molecular weight is 194 g/mol. The summed E-state index contributed by atoms with van der Waals surface area (Å²) in [6.45, 7) is 2.51. The number of carbonyl (C=O) groups is 1. The molecular weight excluding hydrogens is 180 g/mol. The van der Waals surface area contributed by atoms with E-state index >= 15 is 0 Å². The van der Waals surface area contributed by atoms with Gasteiger partial charge in [-0.05, 0) is 31.2 Å². The van der Waals surface area contributed by atoms with E-state index in [1.54, 1.807) is 24.3 Å². The largest absolute Gasteiger partial charge is 0.478 e. The molecule has 1 aromatic carbocycles. The Morgan fingerprint density at radius 2 is 2.07 bits per heavy atom. The highest BCUT2D eigenvalue weighted by Gasteiger charge is 2.02. The minimum absolute atomic E-state index is 0.186. The van der Waals surface area contributed by atoms with Crippen LogP contribution in [0.1, 0.15) is 17.3 Å². The third kappa shape index (κ3) is 2.74. The zero-order valence-corrected chi connectivity index (χ0v) is 8.03. The Hall–Kier alpha value is -1.55. The molecule has 0 saturated carbocycles. The lowest BCUT2D eigenvalue weighted by Crippen LogP contribution is -2.25. The molecule has 76 valence electrons. The number of nitrogens with one attached hydrogen (secondary N) is 1. The number of hydrogen-bond donors (Lipinski definition) is 3. The summed E-state index contributed by atoms with van der Waals surface area (Å²) >= 11 is 0. The highest BCUT2D eigenvalue weighted by molar-refractivity contribution is 5.87. The highest BCUT2D eigenvalue weighted by atomic mass is 16.4. The van der Waals surface area contributed by atoms with Gasteiger partial charge in [-0.1, -0.05) is 0 Å². The van der Waals surface area contributed by atoms with Crippen LogP contribution in [-0.4, -0.2) is 23.7 Å². The van der Waals surface area contributed by atoms with Crippen molar-refractivity contribution in [3.05, 3.63) is 29.8 Å². The predicted molar refractivity (Wildman–Crippen MR) is 55.5 cm³/mol. The van der Waals surface area contributed by atoms with Gasteiger partial charge in [-0.2, -0.15) is 0 Å². The molecule has 1 unspecified atom stereocenters. The lowest BCUT2D eigenvalue weighted by molar-refractivity contribution is 0.0697. The topological polar surface area (TPSA) is 75.3 Å². The van der Waals surface area contributed by atoms with Gasteiger partial charge in [0.05, 0.1) is 5.56 Å². The fourth-order valence-corrected chi connectivity index (χ4v) is 1.05. The molecule has 1 atom stereocenters. The normalized spacial score (nSPS) is 12.1. The number of carboxylic acid groups (broad SMARTS) is 1. The van der Waals surface area contributed by atoms with E-state index in [0.717, 1.165) is 5.69 Å². The molecule has 14 heavy (non-hydrogen) atoms. The van der Waals surface area contributed by atoms with E-state index in [1.165, 1.54) is 0 Å². The van der Waals surface area contributed by atoms with Crippen LogP contribution < -0.4 is 11.1 Å². The number of hydrogen-bond acceptors (Lipinski definition) is 3. The third-order valence-electron chi connectivity index (χ3n) is 1.90. The molecule has 1 aromatic rings. The van der Waals surface area contributed by atoms with Crippen LogP contribution in [0.5, 0.6) is 0 Å². The summed E-state index contributed by atoms with van der Waals surface area (Å²) in [6, 6.07) is 6.78. The summed E-state index contributed by atoms with van der Waals surface area (Å²) in [5.41, 5.74) is 6.61. The number of rotatable bonds is 4. The smallest absolute Gasteiger partial charge is 0.335 e. The van der Waals surface area contributed by atoms with Crippen LogP contribution in [0.25, 0.3) is 0 Å². The molecule has 4 N–H and O–H groups in total. The first kappa shape index (κ1) is 10.5. The molecule has 0 aliphatic heterocycles. The van der Waals surface area contributed by atoms with Crippen molar-refractivity contribution in [2.24, 2.45) is 5.73 Å². The van der Waals surface area contributed by atoms with E-state index in [1.807, 2.05) is 6.92 Å². The molecule has 0 aliphatic carbocycles. The van der Waals surface area contributed by atoms with Crippen molar-refractivity contribution in [2.45, 2.75) is 13.0 Å². The second kappa shape index (κ2) is 4.62. The Labute approximate surface area is 82.7 Å². The van der Waals surface area contributed by atoms with Crippen LogP contribution in [0.15, 0.2) is 24.3 Å². The zero-order chi connectivity index (χ0) is 10.6. The van der Waals surface area contributed by atoms with E-state index in [-0.39, 0.29) is 11.6 Å². The zero-order valence-electron chi connectivity index (χ0n) is 8.03. The van der Waals surface area contributed by atoms with Crippen molar-refractivity contribution in [1.82, 2.24) is 0 Å². The van der Waals surface area contributed by atoms with E-state index in [4.69, 9.17) is 10.8 Å². The maximum atomic E-state index is 10.6. The lowest BCUT2D eigenvalue weighted by Gasteiger charge is -2.12. The summed E-state index contributed by atoms with van der Waals surface area (Å²) in [6.07, 6.45) is 0. The van der Waals surface area contributed by atoms with Crippen LogP contribution in [-0.2, 0) is 0 Å². The SMILES string of the molecule is CC(CN)Nc1ccc(C(=O)O)cc1. The predicted octanol–water partition coefficient (Wildman–Crippen LogP) is 1.14. The molecule has 0 aromatic heterocycles. The molecular formula is C10H14N2O2. The first-order valence-corrected chi connectivity index (χ1v) is 4.43. The Bertz CT molecular complexity index is 308. The molecule has 0 radical (unpaired) electrons. The van der Waals surface area contributed by atoms with Crippen molar-refractivity contribution in [2.75, 3.05) is 11.9 Å². The Balaban J connectivity index is 2.68. The molecule has 0 saturated heterocycles. The molecule has 0 spiro atoms. The Kier molecular flexibility index (Phi) is 3.48. The third-order valence-corrected chi connectivity index (χ3v) is 1.90. The summed E-state index contributed by atoms with van der Waals surface area (Å²) < 4.78 is 0.